The fourth-order valence-electron chi connectivity index (χ4n) is 4.49. The lowest BCUT2D eigenvalue weighted by atomic mass is 9.93. The average molecular weight is 500 g/mol. The van der Waals surface area contributed by atoms with Crippen molar-refractivity contribution in [1.29, 1.82) is 0 Å². The van der Waals surface area contributed by atoms with E-state index >= 15 is 0 Å². The highest BCUT2D eigenvalue weighted by Crippen LogP contribution is 2.41. The molecule has 1 atom stereocenters. The van der Waals surface area contributed by atoms with Crippen LogP contribution in [0, 0.1) is 0 Å². The molecule has 1 heterocycles. The predicted molar refractivity (Wildman–Crippen MR) is 144 cm³/mol. The van der Waals surface area contributed by atoms with Crippen molar-refractivity contribution in [3.8, 4) is 11.5 Å². The number of rotatable bonds is 9. The summed E-state index contributed by atoms with van der Waals surface area (Å²) in [5.74, 6) is 0.0755. The molecule has 1 amide bonds. The van der Waals surface area contributed by atoms with Gasteiger partial charge in [-0.1, -0.05) is 69.3 Å². The maximum Gasteiger partial charge on any atom is 0.295 e. The van der Waals surface area contributed by atoms with Gasteiger partial charge in [-0.3, -0.25) is 9.59 Å². The van der Waals surface area contributed by atoms with Crippen LogP contribution in [0.4, 0.5) is 0 Å². The number of methoxy groups -OCH3 is 1. The van der Waals surface area contributed by atoms with E-state index in [1.807, 2.05) is 55.5 Å². The van der Waals surface area contributed by atoms with Crippen LogP contribution in [-0.4, -0.2) is 35.4 Å². The van der Waals surface area contributed by atoms with Crippen LogP contribution in [0.5, 0.6) is 11.5 Å². The van der Waals surface area contributed by atoms with Crippen LogP contribution in [0.2, 0.25) is 0 Å². The van der Waals surface area contributed by atoms with Crippen LogP contribution in [0.3, 0.4) is 0 Å². The summed E-state index contributed by atoms with van der Waals surface area (Å²) >= 11 is 0. The van der Waals surface area contributed by atoms with E-state index in [2.05, 4.69) is 13.8 Å². The lowest BCUT2D eigenvalue weighted by Crippen LogP contribution is -2.29. The lowest BCUT2D eigenvalue weighted by molar-refractivity contribution is -0.140. The van der Waals surface area contributed by atoms with Crippen LogP contribution in [-0.2, 0) is 16.1 Å². The third kappa shape index (κ3) is 5.53. The highest BCUT2D eigenvalue weighted by molar-refractivity contribution is 6.46. The van der Waals surface area contributed by atoms with Gasteiger partial charge in [0.1, 0.15) is 17.3 Å². The lowest BCUT2D eigenvalue weighted by Gasteiger charge is -2.26. The first kappa shape index (κ1) is 26.0. The summed E-state index contributed by atoms with van der Waals surface area (Å²) in [6, 6.07) is 21.5. The Bertz CT molecular complexity index is 1290. The summed E-state index contributed by atoms with van der Waals surface area (Å²) in [6.07, 6.45) is 0.846. The number of carbonyl (C=O) groups excluding carboxylic acids is 2. The molecule has 0 aromatic heterocycles. The van der Waals surface area contributed by atoms with Gasteiger partial charge >= 0.3 is 0 Å². The molecule has 6 heteroatoms. The Balaban J connectivity index is 1.80. The highest BCUT2D eigenvalue weighted by Gasteiger charge is 2.46. The molecule has 192 valence electrons. The van der Waals surface area contributed by atoms with Gasteiger partial charge in [-0.25, -0.2) is 0 Å². The van der Waals surface area contributed by atoms with Crippen molar-refractivity contribution in [1.82, 2.24) is 4.90 Å². The number of aliphatic hydroxyl groups excluding tert-OH is 1. The SMILES string of the molecule is CCCOc1cccc(/C(O)=C2/C(=O)C(=O)N(Cc3ccc(OC)cc3)C2c2ccc(C(C)C)cc2)c1. The van der Waals surface area contributed by atoms with E-state index in [1.165, 1.54) is 4.90 Å². The normalized spacial score (nSPS) is 16.9. The van der Waals surface area contributed by atoms with Gasteiger partial charge in [0.15, 0.2) is 0 Å². The Morgan fingerprint density at radius 1 is 0.973 bits per heavy atom. The van der Waals surface area contributed by atoms with E-state index in [4.69, 9.17) is 9.47 Å². The Kier molecular flexibility index (Phi) is 7.97. The van der Waals surface area contributed by atoms with Crippen LogP contribution >= 0.6 is 0 Å². The standard InChI is InChI=1S/C31H33NO5/c1-5-17-37-26-8-6-7-24(18-26)29(33)27-28(23-13-11-22(12-14-23)20(2)3)32(31(35)30(27)34)19-21-9-15-25(36-4)16-10-21/h6-16,18,20,28,33H,5,17,19H2,1-4H3/b29-27-. The van der Waals surface area contributed by atoms with Gasteiger partial charge in [-0.05, 0) is 53.3 Å². The first-order valence-corrected chi connectivity index (χ1v) is 12.6. The molecule has 4 rings (SSSR count). The second kappa shape index (κ2) is 11.3. The third-order valence-corrected chi connectivity index (χ3v) is 6.55. The summed E-state index contributed by atoms with van der Waals surface area (Å²) in [4.78, 5) is 28.2. The summed E-state index contributed by atoms with van der Waals surface area (Å²) in [5, 5.41) is 11.4. The Hall–Kier alpha value is -4.06. The Labute approximate surface area is 218 Å². The molecule has 0 radical (unpaired) electrons. The molecule has 1 aliphatic heterocycles. The first-order chi connectivity index (χ1) is 17.8. The number of Topliss-reactive ketones (excluding diaryl/α,β-unsaturated/α-hetero) is 1. The maximum absolute atomic E-state index is 13.4. The minimum atomic E-state index is -0.733. The number of nitrogens with zero attached hydrogens (tertiary/aromatic N) is 1. The van der Waals surface area contributed by atoms with E-state index in [9.17, 15) is 14.7 Å². The number of ketones is 1. The van der Waals surface area contributed by atoms with Crippen molar-refractivity contribution in [2.75, 3.05) is 13.7 Å². The molecule has 1 fully saturated rings. The fourth-order valence-corrected chi connectivity index (χ4v) is 4.49. The van der Waals surface area contributed by atoms with Gasteiger partial charge in [0.05, 0.1) is 25.3 Å². The quantitative estimate of drug-likeness (QED) is 0.215. The molecule has 37 heavy (non-hydrogen) atoms. The van der Waals surface area contributed by atoms with Crippen LogP contribution in [0.1, 0.15) is 61.4 Å². The van der Waals surface area contributed by atoms with E-state index < -0.39 is 17.7 Å². The molecule has 1 N–H and O–H groups in total. The van der Waals surface area contributed by atoms with Crippen molar-refractivity contribution < 1.29 is 24.2 Å². The number of carbonyl (C=O) groups is 2. The summed E-state index contributed by atoms with van der Waals surface area (Å²) < 4.78 is 11.0. The minimum Gasteiger partial charge on any atom is -0.507 e. The van der Waals surface area contributed by atoms with Gasteiger partial charge in [0.2, 0.25) is 0 Å². The number of likely N-dealkylation sites (tertiary alicyclic amines) is 1. The molecule has 3 aromatic rings. The predicted octanol–water partition coefficient (Wildman–Crippen LogP) is 6.23. The van der Waals surface area contributed by atoms with Crippen LogP contribution in [0.15, 0.2) is 78.4 Å². The largest absolute Gasteiger partial charge is 0.507 e. The van der Waals surface area contributed by atoms with Gasteiger partial charge in [0, 0.05) is 12.1 Å². The van der Waals surface area contributed by atoms with Crippen LogP contribution < -0.4 is 9.47 Å². The smallest absolute Gasteiger partial charge is 0.295 e. The van der Waals surface area contributed by atoms with E-state index in [0.717, 1.165) is 23.1 Å². The van der Waals surface area contributed by atoms with Crippen LogP contribution in [0.25, 0.3) is 5.76 Å². The molecule has 0 bridgehead atoms. The Morgan fingerprint density at radius 3 is 2.30 bits per heavy atom. The van der Waals surface area contributed by atoms with Crippen molar-refractivity contribution >= 4 is 17.4 Å². The summed E-state index contributed by atoms with van der Waals surface area (Å²) in [5.41, 5.74) is 3.26. The van der Waals surface area contributed by atoms with Gasteiger partial charge in [0.25, 0.3) is 11.7 Å². The number of hydrogen-bond acceptors (Lipinski definition) is 5. The number of aliphatic hydroxyl groups is 1. The molecule has 0 aliphatic carbocycles. The molecular formula is C31H33NO5. The number of benzene rings is 3. The zero-order chi connectivity index (χ0) is 26.5. The second-order valence-electron chi connectivity index (χ2n) is 9.47. The van der Waals surface area contributed by atoms with Crippen molar-refractivity contribution in [3.05, 3.63) is 101 Å². The average Bonchev–Trinajstić information content (AvgIpc) is 3.17. The molecule has 1 unspecified atom stereocenters. The molecular weight excluding hydrogens is 466 g/mol. The van der Waals surface area contributed by atoms with Crippen molar-refractivity contribution in [3.63, 3.8) is 0 Å². The topological polar surface area (TPSA) is 76.1 Å². The van der Waals surface area contributed by atoms with E-state index in [1.54, 1.807) is 31.4 Å². The summed E-state index contributed by atoms with van der Waals surface area (Å²) in [6.45, 7) is 6.98. The molecule has 0 spiro atoms. The number of ether oxygens (including phenoxy) is 2. The minimum absolute atomic E-state index is 0.0726. The first-order valence-electron chi connectivity index (χ1n) is 12.6. The zero-order valence-corrected chi connectivity index (χ0v) is 21.7. The van der Waals surface area contributed by atoms with Gasteiger partial charge < -0.3 is 19.5 Å². The molecule has 6 nitrogen and oxygen atoms in total. The zero-order valence-electron chi connectivity index (χ0n) is 21.7. The number of amides is 1. The Morgan fingerprint density at radius 2 is 1.68 bits per heavy atom. The van der Waals surface area contributed by atoms with E-state index in [-0.39, 0.29) is 17.9 Å². The molecule has 1 saturated heterocycles. The monoisotopic (exact) mass is 499 g/mol. The van der Waals surface area contributed by atoms with Gasteiger partial charge in [-0.15, -0.1) is 0 Å². The second-order valence-corrected chi connectivity index (χ2v) is 9.47. The molecule has 1 aliphatic rings. The maximum atomic E-state index is 13.4. The van der Waals surface area contributed by atoms with Crippen molar-refractivity contribution in [2.45, 2.75) is 45.7 Å². The molecule has 0 saturated carbocycles. The summed E-state index contributed by atoms with van der Waals surface area (Å²) in [7, 11) is 1.59. The molecule has 3 aromatic carbocycles. The number of hydrogen-bond donors (Lipinski definition) is 1. The van der Waals surface area contributed by atoms with Gasteiger partial charge in [-0.2, -0.15) is 0 Å². The highest BCUT2D eigenvalue weighted by atomic mass is 16.5. The van der Waals surface area contributed by atoms with Crippen molar-refractivity contribution in [2.24, 2.45) is 0 Å². The fraction of sp³-hybridized carbons (Fsp3) is 0.290. The third-order valence-electron chi connectivity index (χ3n) is 6.55. The van der Waals surface area contributed by atoms with E-state index in [0.29, 0.717) is 29.6 Å².